The van der Waals surface area contributed by atoms with Crippen molar-refractivity contribution in [1.82, 2.24) is 9.80 Å². The van der Waals surface area contributed by atoms with Crippen molar-refractivity contribution in [3.05, 3.63) is 0 Å². The Hall–Kier alpha value is -0.610. The van der Waals surface area contributed by atoms with E-state index in [0.29, 0.717) is 12.6 Å². The van der Waals surface area contributed by atoms with Crippen LogP contribution in [0.5, 0.6) is 0 Å². The molecule has 1 heterocycles. The molecule has 4 nitrogen and oxygen atoms in total. The lowest BCUT2D eigenvalue weighted by atomic mass is 9.86. The Bertz CT molecular complexity index is 303. The van der Waals surface area contributed by atoms with Crippen LogP contribution in [0.1, 0.15) is 25.7 Å². The lowest BCUT2D eigenvalue weighted by Gasteiger charge is -2.48. The van der Waals surface area contributed by atoms with Crippen molar-refractivity contribution in [3.8, 4) is 0 Å². The van der Waals surface area contributed by atoms with Crippen LogP contribution >= 0.6 is 0 Å². The van der Waals surface area contributed by atoms with Crippen LogP contribution in [0.3, 0.4) is 0 Å². The number of nitrogens with two attached hydrogens (primary N) is 1. The molecule has 3 fully saturated rings. The Kier molecular flexibility index (Phi) is 2.27. The number of carbonyl (C=O) groups is 1. The van der Waals surface area contributed by atoms with Gasteiger partial charge in [0.25, 0.3) is 0 Å². The second-order valence-electron chi connectivity index (χ2n) is 5.89. The van der Waals surface area contributed by atoms with E-state index < -0.39 is 0 Å². The Balaban J connectivity index is 1.44. The standard InChI is InChI=1S/C12H21N3O/c1-14(10-4-5-10)11(16)6-15-7-12(13,8-15)9-2-3-9/h9-10H,2-8,13H2,1H3. The molecule has 1 amide bonds. The molecule has 1 saturated heterocycles. The minimum Gasteiger partial charge on any atom is -0.342 e. The van der Waals surface area contributed by atoms with Gasteiger partial charge in [-0.1, -0.05) is 0 Å². The van der Waals surface area contributed by atoms with E-state index in [1.807, 2.05) is 11.9 Å². The van der Waals surface area contributed by atoms with Gasteiger partial charge in [-0.05, 0) is 31.6 Å². The fraction of sp³-hybridized carbons (Fsp3) is 0.917. The molecule has 0 unspecified atom stereocenters. The number of amides is 1. The molecule has 0 aromatic rings. The highest BCUT2D eigenvalue weighted by atomic mass is 16.2. The normalized spacial score (nSPS) is 28.6. The zero-order valence-electron chi connectivity index (χ0n) is 9.98. The number of hydrogen-bond donors (Lipinski definition) is 1. The molecule has 90 valence electrons. The fourth-order valence-corrected chi connectivity index (χ4v) is 2.78. The van der Waals surface area contributed by atoms with Crippen LogP contribution in [-0.2, 0) is 4.79 Å². The molecule has 0 atom stereocenters. The monoisotopic (exact) mass is 223 g/mol. The van der Waals surface area contributed by atoms with Gasteiger partial charge in [-0.3, -0.25) is 9.69 Å². The zero-order valence-corrected chi connectivity index (χ0v) is 9.98. The van der Waals surface area contributed by atoms with Crippen molar-refractivity contribution in [3.63, 3.8) is 0 Å². The summed E-state index contributed by atoms with van der Waals surface area (Å²) in [5, 5.41) is 0. The number of likely N-dealkylation sites (N-methyl/N-ethyl adjacent to an activating group) is 1. The first kappa shape index (κ1) is 10.5. The van der Waals surface area contributed by atoms with Gasteiger partial charge in [0.05, 0.1) is 6.54 Å². The summed E-state index contributed by atoms with van der Waals surface area (Å²) in [6.45, 7) is 2.41. The van der Waals surface area contributed by atoms with E-state index >= 15 is 0 Å². The van der Waals surface area contributed by atoms with E-state index in [1.54, 1.807) is 0 Å². The highest BCUT2D eigenvalue weighted by Gasteiger charge is 2.50. The molecule has 0 radical (unpaired) electrons. The molecule has 3 rings (SSSR count). The van der Waals surface area contributed by atoms with Crippen molar-refractivity contribution in [2.75, 3.05) is 26.7 Å². The van der Waals surface area contributed by atoms with Gasteiger partial charge < -0.3 is 10.6 Å². The van der Waals surface area contributed by atoms with E-state index in [4.69, 9.17) is 5.73 Å². The Morgan fingerprint density at radius 2 is 2.00 bits per heavy atom. The second-order valence-corrected chi connectivity index (χ2v) is 5.89. The van der Waals surface area contributed by atoms with Crippen molar-refractivity contribution in [1.29, 1.82) is 0 Å². The SMILES string of the molecule is CN(C(=O)CN1CC(N)(C2CC2)C1)C1CC1. The minimum atomic E-state index is 0.0401. The largest absolute Gasteiger partial charge is 0.342 e. The molecule has 0 bridgehead atoms. The number of hydrogen-bond acceptors (Lipinski definition) is 3. The van der Waals surface area contributed by atoms with Gasteiger partial charge >= 0.3 is 0 Å². The quantitative estimate of drug-likeness (QED) is 0.731. The van der Waals surface area contributed by atoms with Crippen LogP contribution < -0.4 is 5.73 Å². The molecule has 2 N–H and O–H groups in total. The van der Waals surface area contributed by atoms with E-state index in [-0.39, 0.29) is 11.4 Å². The van der Waals surface area contributed by atoms with Gasteiger partial charge in [-0.15, -0.1) is 0 Å². The van der Waals surface area contributed by atoms with Gasteiger partial charge in [0.1, 0.15) is 0 Å². The van der Waals surface area contributed by atoms with Gasteiger partial charge in [0, 0.05) is 31.7 Å². The van der Waals surface area contributed by atoms with Crippen LogP contribution in [0.15, 0.2) is 0 Å². The minimum absolute atomic E-state index is 0.0401. The maximum Gasteiger partial charge on any atom is 0.236 e. The summed E-state index contributed by atoms with van der Waals surface area (Å²) < 4.78 is 0. The van der Waals surface area contributed by atoms with Crippen molar-refractivity contribution < 1.29 is 4.79 Å². The predicted molar refractivity (Wildman–Crippen MR) is 61.9 cm³/mol. The molecule has 4 heteroatoms. The van der Waals surface area contributed by atoms with Gasteiger partial charge in [-0.25, -0.2) is 0 Å². The molecule has 2 aliphatic carbocycles. The Labute approximate surface area is 96.8 Å². The maximum atomic E-state index is 11.9. The average Bonchev–Trinajstić information content (AvgIpc) is 3.02. The van der Waals surface area contributed by atoms with Crippen LogP contribution in [0.25, 0.3) is 0 Å². The summed E-state index contributed by atoms with van der Waals surface area (Å²) in [5.74, 6) is 1.00. The smallest absolute Gasteiger partial charge is 0.236 e. The third-order valence-electron chi connectivity index (χ3n) is 4.27. The summed E-state index contributed by atoms with van der Waals surface area (Å²) >= 11 is 0. The number of rotatable bonds is 4. The van der Waals surface area contributed by atoms with E-state index in [0.717, 1.165) is 19.0 Å². The highest BCUT2D eigenvalue weighted by Crippen LogP contribution is 2.42. The predicted octanol–water partition coefficient (Wildman–Crippen LogP) is 0.0303. The molecule has 0 aromatic carbocycles. The van der Waals surface area contributed by atoms with E-state index in [2.05, 4.69) is 4.90 Å². The Morgan fingerprint density at radius 3 is 2.50 bits per heavy atom. The molecule has 0 aromatic heterocycles. The van der Waals surface area contributed by atoms with Gasteiger partial charge in [-0.2, -0.15) is 0 Å². The molecular weight excluding hydrogens is 202 g/mol. The lowest BCUT2D eigenvalue weighted by molar-refractivity contribution is -0.133. The molecule has 2 saturated carbocycles. The molecule has 1 aliphatic heterocycles. The second kappa shape index (κ2) is 3.44. The first-order chi connectivity index (χ1) is 7.58. The molecule has 3 aliphatic rings. The maximum absolute atomic E-state index is 11.9. The summed E-state index contributed by atoms with van der Waals surface area (Å²) in [7, 11) is 1.93. The zero-order chi connectivity index (χ0) is 11.3. The first-order valence-electron chi connectivity index (χ1n) is 6.35. The summed E-state index contributed by atoms with van der Waals surface area (Å²) in [6.07, 6.45) is 4.96. The number of nitrogens with zero attached hydrogens (tertiary/aromatic N) is 2. The van der Waals surface area contributed by atoms with Gasteiger partial charge in [0.2, 0.25) is 5.91 Å². The number of likely N-dealkylation sites (tertiary alicyclic amines) is 1. The third kappa shape index (κ3) is 1.84. The Morgan fingerprint density at radius 1 is 1.38 bits per heavy atom. The van der Waals surface area contributed by atoms with Gasteiger partial charge in [0.15, 0.2) is 0 Å². The van der Waals surface area contributed by atoms with Crippen LogP contribution in [-0.4, -0.2) is 54.0 Å². The fourth-order valence-electron chi connectivity index (χ4n) is 2.78. The topological polar surface area (TPSA) is 49.6 Å². The number of carbonyl (C=O) groups excluding carboxylic acids is 1. The molecular formula is C12H21N3O. The van der Waals surface area contributed by atoms with Crippen LogP contribution in [0.4, 0.5) is 0 Å². The van der Waals surface area contributed by atoms with Crippen LogP contribution in [0, 0.1) is 5.92 Å². The first-order valence-corrected chi connectivity index (χ1v) is 6.35. The van der Waals surface area contributed by atoms with Crippen molar-refractivity contribution in [2.45, 2.75) is 37.3 Å². The molecule has 16 heavy (non-hydrogen) atoms. The van der Waals surface area contributed by atoms with Crippen molar-refractivity contribution >= 4 is 5.91 Å². The summed E-state index contributed by atoms with van der Waals surface area (Å²) in [6, 6.07) is 0.528. The third-order valence-corrected chi connectivity index (χ3v) is 4.27. The average molecular weight is 223 g/mol. The van der Waals surface area contributed by atoms with E-state index in [1.165, 1.54) is 25.7 Å². The van der Waals surface area contributed by atoms with Crippen LogP contribution in [0.2, 0.25) is 0 Å². The summed E-state index contributed by atoms with van der Waals surface area (Å²) in [4.78, 5) is 16.0. The molecule has 0 spiro atoms. The lowest BCUT2D eigenvalue weighted by Crippen LogP contribution is -2.69. The van der Waals surface area contributed by atoms with Crippen molar-refractivity contribution in [2.24, 2.45) is 11.7 Å². The summed E-state index contributed by atoms with van der Waals surface area (Å²) in [5.41, 5.74) is 6.30. The highest BCUT2D eigenvalue weighted by molar-refractivity contribution is 5.78. The van der Waals surface area contributed by atoms with E-state index in [9.17, 15) is 4.79 Å².